The molecule has 1 aromatic heterocycles. The topological polar surface area (TPSA) is 52.0 Å². The van der Waals surface area contributed by atoms with Crippen LogP contribution in [0.1, 0.15) is 23.7 Å². The number of rotatable bonds is 5. The fraction of sp³-hybridized carbons (Fsp3) is 0.318. The van der Waals surface area contributed by atoms with Crippen LogP contribution in [0.3, 0.4) is 0 Å². The lowest BCUT2D eigenvalue weighted by Gasteiger charge is -2.25. The summed E-state index contributed by atoms with van der Waals surface area (Å²) in [5.41, 5.74) is 1.78. The van der Waals surface area contributed by atoms with Gasteiger partial charge in [0, 0.05) is 11.8 Å². The molecule has 0 radical (unpaired) electrons. The van der Waals surface area contributed by atoms with Gasteiger partial charge < -0.3 is 0 Å². The van der Waals surface area contributed by atoms with Crippen LogP contribution < -0.4 is 0 Å². The number of benzene rings is 2. The van der Waals surface area contributed by atoms with Gasteiger partial charge in [0.05, 0.1) is 24.4 Å². The van der Waals surface area contributed by atoms with Crippen LogP contribution in [0, 0.1) is 0 Å². The molecular weight excluding hydrogens is 441 g/mol. The van der Waals surface area contributed by atoms with Crippen LogP contribution in [0.5, 0.6) is 0 Å². The van der Waals surface area contributed by atoms with E-state index in [1.807, 2.05) is 24.3 Å². The van der Waals surface area contributed by atoms with E-state index in [9.17, 15) is 21.6 Å². The van der Waals surface area contributed by atoms with E-state index in [-0.39, 0.29) is 10.6 Å². The zero-order valence-electron chi connectivity index (χ0n) is 18.0. The quantitative estimate of drug-likeness (QED) is 0.437. The Labute approximate surface area is 181 Å². The van der Waals surface area contributed by atoms with Crippen molar-refractivity contribution in [2.45, 2.75) is 43.2 Å². The first-order valence-corrected chi connectivity index (χ1v) is 15.2. The van der Waals surface area contributed by atoms with Gasteiger partial charge in [0.1, 0.15) is 0 Å². The lowest BCUT2D eigenvalue weighted by atomic mass is 10.1. The Morgan fingerprint density at radius 1 is 0.968 bits per heavy atom. The summed E-state index contributed by atoms with van der Waals surface area (Å²) in [6, 6.07) is 14.2. The van der Waals surface area contributed by atoms with Gasteiger partial charge in [-0.2, -0.15) is 18.3 Å². The second-order valence-electron chi connectivity index (χ2n) is 8.80. The number of halogens is 3. The van der Waals surface area contributed by atoms with Gasteiger partial charge in [0.15, 0.2) is 15.5 Å². The third-order valence-corrected chi connectivity index (χ3v) is 9.57. The molecule has 0 bridgehead atoms. The summed E-state index contributed by atoms with van der Waals surface area (Å²) in [6.07, 6.45) is -3.52. The minimum absolute atomic E-state index is 0.0886. The highest BCUT2D eigenvalue weighted by molar-refractivity contribution is 7.90. The molecule has 0 spiro atoms. The molecule has 0 aliphatic carbocycles. The minimum atomic E-state index is -4.60. The molecular formula is C22H25F3N2O2SSi. The van der Waals surface area contributed by atoms with E-state index in [0.717, 1.165) is 17.9 Å². The van der Waals surface area contributed by atoms with Gasteiger partial charge in [-0.3, -0.25) is 0 Å². The molecule has 0 fully saturated rings. The Kier molecular flexibility index (Phi) is 5.96. The molecule has 0 aliphatic heterocycles. The standard InChI is InChI=1S/C22H25F3N2O2SSi/c1-15(31(3,4)5)16-6-8-17(9-7-16)20-14-21(22(23,24)25)26-27(20)18-10-12-19(13-11-18)30(2,28)29/h6-15H,1-5H3. The van der Waals surface area contributed by atoms with Gasteiger partial charge in [-0.15, -0.1) is 0 Å². The summed E-state index contributed by atoms with van der Waals surface area (Å²) >= 11 is 0. The van der Waals surface area contributed by atoms with Gasteiger partial charge in [0.2, 0.25) is 0 Å². The van der Waals surface area contributed by atoms with Gasteiger partial charge in [-0.25, -0.2) is 13.1 Å². The average molecular weight is 467 g/mol. The lowest BCUT2D eigenvalue weighted by Crippen LogP contribution is -2.28. The molecule has 2 aromatic carbocycles. The van der Waals surface area contributed by atoms with Crippen molar-refractivity contribution >= 4 is 17.9 Å². The third kappa shape index (κ3) is 5.09. The fourth-order valence-corrected chi connectivity index (χ4v) is 5.02. The Hall–Kier alpha value is -2.39. The molecule has 4 nitrogen and oxygen atoms in total. The van der Waals surface area contributed by atoms with Crippen LogP contribution in [0.2, 0.25) is 19.6 Å². The van der Waals surface area contributed by atoms with E-state index < -0.39 is 29.8 Å². The van der Waals surface area contributed by atoms with Gasteiger partial charge >= 0.3 is 6.18 Å². The smallest absolute Gasteiger partial charge is 0.233 e. The molecule has 3 rings (SSSR count). The second kappa shape index (κ2) is 7.94. The van der Waals surface area contributed by atoms with Crippen molar-refractivity contribution in [3.05, 3.63) is 65.9 Å². The largest absolute Gasteiger partial charge is 0.435 e. The molecule has 0 N–H and O–H groups in total. The first-order chi connectivity index (χ1) is 14.2. The molecule has 3 aromatic rings. The number of hydrogen-bond acceptors (Lipinski definition) is 3. The van der Waals surface area contributed by atoms with Crippen LogP contribution in [0.4, 0.5) is 13.2 Å². The van der Waals surface area contributed by atoms with Crippen molar-refractivity contribution in [2.24, 2.45) is 0 Å². The summed E-state index contributed by atoms with van der Waals surface area (Å²) in [7, 11) is -4.83. The number of nitrogens with zero attached hydrogens (tertiary/aromatic N) is 2. The second-order valence-corrected chi connectivity index (χ2v) is 16.4. The van der Waals surface area contributed by atoms with Gasteiger partial charge in [0.25, 0.3) is 0 Å². The maximum absolute atomic E-state index is 13.4. The molecule has 0 aliphatic rings. The van der Waals surface area contributed by atoms with E-state index in [1.165, 1.54) is 28.9 Å². The Bertz CT molecular complexity index is 1180. The summed E-state index contributed by atoms with van der Waals surface area (Å²) in [6.45, 7) is 9.00. The van der Waals surface area contributed by atoms with Crippen LogP contribution in [-0.4, -0.2) is 32.5 Å². The number of sulfone groups is 1. The SMILES string of the molecule is CC(c1ccc(-c2cc(C(F)(F)F)nn2-c2ccc(S(C)(=O)=O)cc2)cc1)[Si](C)(C)C. The van der Waals surface area contributed by atoms with Crippen LogP contribution in [0.25, 0.3) is 16.9 Å². The summed E-state index contributed by atoms with van der Waals surface area (Å²) < 4.78 is 64.7. The van der Waals surface area contributed by atoms with Crippen molar-refractivity contribution < 1.29 is 21.6 Å². The average Bonchev–Trinajstić information content (AvgIpc) is 3.12. The molecule has 0 amide bonds. The van der Waals surface area contributed by atoms with Crippen molar-refractivity contribution in [1.82, 2.24) is 9.78 Å². The number of alkyl halides is 3. The van der Waals surface area contributed by atoms with Crippen LogP contribution in [-0.2, 0) is 16.0 Å². The first-order valence-electron chi connectivity index (χ1n) is 9.76. The van der Waals surface area contributed by atoms with E-state index >= 15 is 0 Å². The molecule has 1 heterocycles. The Balaban J connectivity index is 2.09. The molecule has 1 atom stereocenters. The molecule has 31 heavy (non-hydrogen) atoms. The Morgan fingerprint density at radius 2 is 1.52 bits per heavy atom. The van der Waals surface area contributed by atoms with E-state index in [0.29, 0.717) is 16.8 Å². The summed E-state index contributed by atoms with van der Waals surface area (Å²) in [4.78, 5) is 0.0886. The summed E-state index contributed by atoms with van der Waals surface area (Å²) in [5.74, 6) is 0. The predicted molar refractivity (Wildman–Crippen MR) is 119 cm³/mol. The predicted octanol–water partition coefficient (Wildman–Crippen LogP) is 5.94. The van der Waals surface area contributed by atoms with Gasteiger partial charge in [-0.1, -0.05) is 50.8 Å². The Morgan fingerprint density at radius 3 is 1.97 bits per heavy atom. The molecule has 0 saturated carbocycles. The van der Waals surface area contributed by atoms with Crippen LogP contribution in [0.15, 0.2) is 59.5 Å². The molecule has 166 valence electrons. The zero-order chi connectivity index (χ0) is 23.2. The highest BCUT2D eigenvalue weighted by atomic mass is 32.2. The highest BCUT2D eigenvalue weighted by Crippen LogP contribution is 2.34. The van der Waals surface area contributed by atoms with Crippen molar-refractivity contribution in [2.75, 3.05) is 6.26 Å². The number of aromatic nitrogens is 2. The first kappa shape index (κ1) is 23.3. The van der Waals surface area contributed by atoms with Crippen molar-refractivity contribution in [3.63, 3.8) is 0 Å². The minimum Gasteiger partial charge on any atom is -0.233 e. The molecule has 9 heteroatoms. The van der Waals surface area contributed by atoms with Gasteiger partial charge in [-0.05, 0) is 41.4 Å². The monoisotopic (exact) mass is 466 g/mol. The molecule has 0 saturated heterocycles. The van der Waals surface area contributed by atoms with E-state index in [4.69, 9.17) is 0 Å². The normalized spacial score (nSPS) is 13.9. The van der Waals surface area contributed by atoms with Crippen LogP contribution >= 0.6 is 0 Å². The van der Waals surface area contributed by atoms with Crippen molar-refractivity contribution in [3.8, 4) is 16.9 Å². The maximum atomic E-state index is 13.4. The fourth-order valence-electron chi connectivity index (χ4n) is 3.20. The van der Waals surface area contributed by atoms with Crippen molar-refractivity contribution in [1.29, 1.82) is 0 Å². The highest BCUT2D eigenvalue weighted by Gasteiger charge is 2.35. The zero-order valence-corrected chi connectivity index (χ0v) is 19.8. The lowest BCUT2D eigenvalue weighted by molar-refractivity contribution is -0.141. The van der Waals surface area contributed by atoms with E-state index in [2.05, 4.69) is 31.7 Å². The maximum Gasteiger partial charge on any atom is 0.435 e. The number of hydrogen-bond donors (Lipinski definition) is 0. The van der Waals surface area contributed by atoms with E-state index in [1.54, 1.807) is 0 Å². The third-order valence-electron chi connectivity index (χ3n) is 5.51. The summed E-state index contributed by atoms with van der Waals surface area (Å²) in [5, 5.41) is 3.77. The molecule has 1 unspecified atom stereocenters.